The third-order valence-corrected chi connectivity index (χ3v) is 3.83. The Morgan fingerprint density at radius 2 is 2.00 bits per heavy atom. The Morgan fingerprint density at radius 1 is 1.31 bits per heavy atom. The number of hydrogen-bond donors (Lipinski definition) is 3. The fourth-order valence-corrected chi connectivity index (χ4v) is 2.54. The lowest BCUT2D eigenvalue weighted by Gasteiger charge is -2.25. The summed E-state index contributed by atoms with van der Waals surface area (Å²) in [7, 11) is 1.47. The molecule has 1 unspecified atom stereocenters. The number of carbonyl (C=O) groups excluding carboxylic acids is 1. The highest BCUT2D eigenvalue weighted by Crippen LogP contribution is 2.24. The fourth-order valence-electron chi connectivity index (χ4n) is 2.54. The number of nitrogens with one attached hydrogen (secondary N) is 1. The van der Waals surface area contributed by atoms with Crippen molar-refractivity contribution in [2.24, 2.45) is 11.7 Å². The molecule has 0 saturated heterocycles. The van der Waals surface area contributed by atoms with Crippen molar-refractivity contribution in [3.05, 3.63) is 36.2 Å². The molecule has 0 spiro atoms. The summed E-state index contributed by atoms with van der Waals surface area (Å²) in [6.07, 6.45) is -0.614. The van der Waals surface area contributed by atoms with E-state index in [9.17, 15) is 9.90 Å². The number of aliphatic hydroxyl groups is 1. The Labute approximate surface area is 152 Å². The lowest BCUT2D eigenvalue weighted by atomic mass is 9.98. The van der Waals surface area contributed by atoms with Crippen molar-refractivity contribution in [3.8, 4) is 11.5 Å². The van der Waals surface area contributed by atoms with Gasteiger partial charge in [-0.05, 0) is 24.5 Å². The lowest BCUT2D eigenvalue weighted by Crippen LogP contribution is -2.49. The van der Waals surface area contributed by atoms with Crippen molar-refractivity contribution in [3.63, 3.8) is 0 Å². The van der Waals surface area contributed by atoms with Crippen LogP contribution in [0.3, 0.4) is 0 Å². The van der Waals surface area contributed by atoms with E-state index in [4.69, 9.17) is 14.9 Å². The molecule has 8 heteroatoms. The number of carbonyl (C=O) groups is 1. The minimum Gasteiger partial charge on any atom is -0.418 e. The van der Waals surface area contributed by atoms with Crippen LogP contribution in [0.1, 0.15) is 32.3 Å². The van der Waals surface area contributed by atoms with E-state index in [0.29, 0.717) is 12.3 Å². The van der Waals surface area contributed by atoms with Crippen molar-refractivity contribution in [1.29, 1.82) is 0 Å². The zero-order valence-electron chi connectivity index (χ0n) is 15.3. The van der Waals surface area contributed by atoms with Gasteiger partial charge in [0.05, 0.1) is 12.6 Å². The number of amides is 1. The number of methoxy groups -OCH3 is 1. The third kappa shape index (κ3) is 5.35. The van der Waals surface area contributed by atoms with Crippen LogP contribution in [0.5, 0.6) is 0 Å². The number of hydrogen-bond acceptors (Lipinski definition) is 7. The van der Waals surface area contributed by atoms with E-state index in [-0.39, 0.29) is 18.4 Å². The Morgan fingerprint density at radius 3 is 2.62 bits per heavy atom. The molecule has 1 aromatic carbocycles. The van der Waals surface area contributed by atoms with Gasteiger partial charge in [0.15, 0.2) is 6.10 Å². The van der Waals surface area contributed by atoms with Gasteiger partial charge in [-0.25, -0.2) is 0 Å². The van der Waals surface area contributed by atoms with Gasteiger partial charge in [-0.1, -0.05) is 32.0 Å². The summed E-state index contributed by atoms with van der Waals surface area (Å²) in [6.45, 7) is 4.07. The molecule has 2 rings (SSSR count). The Bertz CT molecular complexity index is 690. The van der Waals surface area contributed by atoms with Crippen LogP contribution in [0.2, 0.25) is 0 Å². The van der Waals surface area contributed by atoms with Gasteiger partial charge in [-0.2, -0.15) is 0 Å². The third-order valence-electron chi connectivity index (χ3n) is 3.83. The second-order valence-corrected chi connectivity index (χ2v) is 6.56. The number of aromatic nitrogens is 2. The average Bonchev–Trinajstić information content (AvgIpc) is 3.11. The maximum atomic E-state index is 12.2. The minimum atomic E-state index is -1.14. The van der Waals surface area contributed by atoms with E-state index in [2.05, 4.69) is 15.5 Å². The molecule has 1 heterocycles. The highest BCUT2D eigenvalue weighted by atomic mass is 16.5. The number of aliphatic hydroxyl groups excluding tert-OH is 1. The molecular weight excluding hydrogens is 336 g/mol. The van der Waals surface area contributed by atoms with Crippen LogP contribution in [-0.4, -0.2) is 47.0 Å². The molecule has 142 valence electrons. The second kappa shape index (κ2) is 9.42. The van der Waals surface area contributed by atoms with Crippen LogP contribution >= 0.6 is 0 Å². The normalized spacial score (nSPS) is 14.8. The zero-order chi connectivity index (χ0) is 19.1. The van der Waals surface area contributed by atoms with E-state index < -0.39 is 24.1 Å². The molecule has 0 aliphatic heterocycles. The second-order valence-electron chi connectivity index (χ2n) is 6.56. The Kier molecular flexibility index (Phi) is 7.26. The van der Waals surface area contributed by atoms with Crippen LogP contribution in [0.25, 0.3) is 11.5 Å². The quantitative estimate of drug-likeness (QED) is 0.614. The van der Waals surface area contributed by atoms with E-state index in [1.807, 2.05) is 44.2 Å². The van der Waals surface area contributed by atoms with Crippen molar-refractivity contribution in [1.82, 2.24) is 15.5 Å². The van der Waals surface area contributed by atoms with Crippen molar-refractivity contribution >= 4 is 5.91 Å². The summed E-state index contributed by atoms with van der Waals surface area (Å²) < 4.78 is 10.5. The molecule has 0 bridgehead atoms. The molecule has 0 fully saturated rings. The summed E-state index contributed by atoms with van der Waals surface area (Å²) in [4.78, 5) is 12.2. The highest BCUT2D eigenvalue weighted by molar-refractivity contribution is 5.82. The smallest absolute Gasteiger partial charge is 0.247 e. The Hall–Kier alpha value is -2.29. The molecule has 3 atom stereocenters. The maximum absolute atomic E-state index is 12.2. The predicted octanol–water partition coefficient (Wildman–Crippen LogP) is 1.27. The largest absolute Gasteiger partial charge is 0.418 e. The number of benzene rings is 1. The number of rotatable bonds is 9. The van der Waals surface area contributed by atoms with E-state index >= 15 is 0 Å². The van der Waals surface area contributed by atoms with Gasteiger partial charge in [0.25, 0.3) is 0 Å². The molecule has 2 aromatic rings. The van der Waals surface area contributed by atoms with Gasteiger partial charge in [0.1, 0.15) is 6.04 Å². The average molecular weight is 362 g/mol. The van der Waals surface area contributed by atoms with Crippen LogP contribution in [0.4, 0.5) is 0 Å². The Balaban J connectivity index is 2.14. The molecule has 1 aromatic heterocycles. The maximum Gasteiger partial charge on any atom is 0.247 e. The van der Waals surface area contributed by atoms with Crippen LogP contribution in [0, 0.1) is 5.92 Å². The SMILES string of the molecule is COC[C@H](N)C(=O)N[C@@H](CC(C)C)C(O)c1nnc(-c2ccccc2)o1. The first-order valence-electron chi connectivity index (χ1n) is 8.54. The molecule has 0 aliphatic rings. The molecule has 0 aliphatic carbocycles. The van der Waals surface area contributed by atoms with Crippen molar-refractivity contribution in [2.75, 3.05) is 13.7 Å². The first kappa shape index (κ1) is 20.0. The molecule has 1 amide bonds. The number of nitrogens with zero attached hydrogens (tertiary/aromatic N) is 2. The number of ether oxygens (including phenoxy) is 1. The van der Waals surface area contributed by atoms with Gasteiger partial charge < -0.3 is 25.3 Å². The summed E-state index contributed by atoms with van der Waals surface area (Å²) in [5.74, 6) is 0.185. The summed E-state index contributed by atoms with van der Waals surface area (Å²) in [5.41, 5.74) is 6.51. The molecule has 0 saturated carbocycles. The van der Waals surface area contributed by atoms with Crippen molar-refractivity contribution < 1.29 is 19.1 Å². The van der Waals surface area contributed by atoms with E-state index in [1.165, 1.54) is 7.11 Å². The summed E-state index contributed by atoms with van der Waals surface area (Å²) in [5, 5.41) is 21.3. The monoisotopic (exact) mass is 362 g/mol. The van der Waals surface area contributed by atoms with Gasteiger partial charge >= 0.3 is 0 Å². The van der Waals surface area contributed by atoms with Gasteiger partial charge in [0, 0.05) is 12.7 Å². The first-order valence-corrected chi connectivity index (χ1v) is 8.54. The zero-order valence-corrected chi connectivity index (χ0v) is 15.3. The van der Waals surface area contributed by atoms with Gasteiger partial charge in [-0.3, -0.25) is 4.79 Å². The number of nitrogens with two attached hydrogens (primary N) is 1. The van der Waals surface area contributed by atoms with Crippen LogP contribution < -0.4 is 11.1 Å². The molecule has 8 nitrogen and oxygen atoms in total. The molecule has 4 N–H and O–H groups in total. The molecule has 26 heavy (non-hydrogen) atoms. The minimum absolute atomic E-state index is 0.0510. The fraction of sp³-hybridized carbons (Fsp3) is 0.500. The standard InChI is InChI=1S/C18H26N4O4/c1-11(2)9-14(20-16(24)13(19)10-25-3)15(23)18-22-21-17(26-18)12-7-5-4-6-8-12/h4-8,11,13-15,23H,9-10,19H2,1-3H3,(H,20,24)/t13-,14-,15?/m0/s1. The first-order chi connectivity index (χ1) is 12.4. The van der Waals surface area contributed by atoms with E-state index in [1.54, 1.807) is 0 Å². The summed E-state index contributed by atoms with van der Waals surface area (Å²) >= 11 is 0. The molecule has 0 radical (unpaired) electrons. The highest BCUT2D eigenvalue weighted by Gasteiger charge is 2.29. The van der Waals surface area contributed by atoms with Crippen LogP contribution in [-0.2, 0) is 9.53 Å². The van der Waals surface area contributed by atoms with Crippen molar-refractivity contribution in [2.45, 2.75) is 38.5 Å². The van der Waals surface area contributed by atoms with Crippen LogP contribution in [0.15, 0.2) is 34.7 Å². The van der Waals surface area contributed by atoms with Gasteiger partial charge in [-0.15, -0.1) is 10.2 Å². The van der Waals surface area contributed by atoms with Gasteiger partial charge in [0.2, 0.25) is 17.7 Å². The lowest BCUT2D eigenvalue weighted by molar-refractivity contribution is -0.125. The topological polar surface area (TPSA) is 124 Å². The summed E-state index contributed by atoms with van der Waals surface area (Å²) in [6, 6.07) is 7.84. The molecular formula is C18H26N4O4. The predicted molar refractivity (Wildman–Crippen MR) is 95.9 cm³/mol. The van der Waals surface area contributed by atoms with E-state index in [0.717, 1.165) is 5.56 Å².